The van der Waals surface area contributed by atoms with Crippen molar-refractivity contribution in [2.45, 2.75) is 29.5 Å². The van der Waals surface area contributed by atoms with Gasteiger partial charge in [0.15, 0.2) is 15.4 Å². The van der Waals surface area contributed by atoms with Gasteiger partial charge in [-0.15, -0.1) is 0 Å². The van der Waals surface area contributed by atoms with E-state index < -0.39 is 9.84 Å². The first-order valence-electron chi connectivity index (χ1n) is 13.1. The Bertz CT molecular complexity index is 1900. The Morgan fingerprint density at radius 1 is 1.02 bits per heavy atom. The maximum atomic E-state index is 13.6. The summed E-state index contributed by atoms with van der Waals surface area (Å²) in [5.74, 6) is 0.595. The molecule has 1 amide bonds. The van der Waals surface area contributed by atoms with Crippen molar-refractivity contribution in [1.29, 1.82) is 0 Å². The number of nitrogens with zero attached hydrogens (tertiary/aromatic N) is 3. The Kier molecular flexibility index (Phi) is 7.27. The second-order valence-corrected chi connectivity index (χ2v) is 12.8. The normalized spacial score (nSPS) is 15.4. The Morgan fingerprint density at radius 2 is 1.80 bits per heavy atom. The lowest BCUT2D eigenvalue weighted by molar-refractivity contribution is -0.130. The van der Waals surface area contributed by atoms with Crippen molar-refractivity contribution in [1.82, 2.24) is 9.99 Å². The summed E-state index contributed by atoms with van der Waals surface area (Å²) >= 11 is 1.15. The SMILES string of the molecule is CCS(=O)(=O)c1ccc2oc(SCC(=O)N3N=C(c4ccc5ccccc5c4)CC3c3ccc(OC)cc3)nc2c1. The van der Waals surface area contributed by atoms with E-state index in [0.717, 1.165) is 45.1 Å². The van der Waals surface area contributed by atoms with Crippen LogP contribution in [0.5, 0.6) is 5.75 Å². The summed E-state index contributed by atoms with van der Waals surface area (Å²) in [4.78, 5) is 18.2. The van der Waals surface area contributed by atoms with E-state index in [1.807, 2.05) is 42.5 Å². The molecule has 0 saturated carbocycles. The minimum absolute atomic E-state index is 0.000620. The molecule has 0 fully saturated rings. The van der Waals surface area contributed by atoms with Crippen LogP contribution in [0.2, 0.25) is 0 Å². The molecule has 4 aromatic carbocycles. The molecule has 0 saturated heterocycles. The molecule has 0 N–H and O–H groups in total. The maximum Gasteiger partial charge on any atom is 0.257 e. The molecule has 6 rings (SSSR count). The first-order valence-corrected chi connectivity index (χ1v) is 15.8. The van der Waals surface area contributed by atoms with Gasteiger partial charge in [0.25, 0.3) is 11.1 Å². The van der Waals surface area contributed by atoms with Crippen LogP contribution in [-0.2, 0) is 14.6 Å². The molecule has 10 heteroatoms. The number of sulfone groups is 1. The van der Waals surface area contributed by atoms with Crippen LogP contribution in [0.1, 0.15) is 30.5 Å². The molecule has 1 aliphatic rings. The standard InChI is InChI=1S/C31H27N3O5S2/c1-3-41(36,37)25-14-15-29-27(17-25)32-31(39-29)40-19-30(35)34-28(21-10-12-24(38-2)13-11-21)18-26(33-34)23-9-8-20-6-4-5-7-22(20)16-23/h4-17,28H,3,18-19H2,1-2H3. The summed E-state index contributed by atoms with van der Waals surface area (Å²) in [5.41, 5.74) is 3.66. The van der Waals surface area contributed by atoms with E-state index in [1.54, 1.807) is 25.1 Å². The van der Waals surface area contributed by atoms with Crippen molar-refractivity contribution in [2.75, 3.05) is 18.6 Å². The van der Waals surface area contributed by atoms with Gasteiger partial charge >= 0.3 is 0 Å². The minimum Gasteiger partial charge on any atom is -0.497 e. The Labute approximate surface area is 241 Å². The fourth-order valence-corrected chi connectivity index (χ4v) is 6.46. The number of rotatable bonds is 8. The number of thioether (sulfide) groups is 1. The summed E-state index contributed by atoms with van der Waals surface area (Å²) in [6, 6.07) is 26.4. The van der Waals surface area contributed by atoms with E-state index in [4.69, 9.17) is 14.3 Å². The molecule has 0 radical (unpaired) electrons. The highest BCUT2D eigenvalue weighted by Gasteiger charge is 2.33. The first kappa shape index (κ1) is 27.0. The molecule has 1 unspecified atom stereocenters. The van der Waals surface area contributed by atoms with Crippen LogP contribution >= 0.6 is 11.8 Å². The third-order valence-electron chi connectivity index (χ3n) is 7.15. The number of benzene rings is 4. The third kappa shape index (κ3) is 5.45. The molecule has 208 valence electrons. The molecular formula is C31H27N3O5S2. The zero-order chi connectivity index (χ0) is 28.6. The topological polar surface area (TPSA) is 102 Å². The second kappa shape index (κ2) is 11.0. The summed E-state index contributed by atoms with van der Waals surface area (Å²) < 4.78 is 35.6. The second-order valence-electron chi connectivity index (χ2n) is 9.64. The third-order valence-corrected chi connectivity index (χ3v) is 9.69. The summed E-state index contributed by atoms with van der Waals surface area (Å²) in [6.45, 7) is 1.60. The summed E-state index contributed by atoms with van der Waals surface area (Å²) in [5, 5.41) is 8.90. The highest BCUT2D eigenvalue weighted by atomic mass is 32.2. The van der Waals surface area contributed by atoms with E-state index >= 15 is 0 Å². The van der Waals surface area contributed by atoms with Gasteiger partial charge in [-0.2, -0.15) is 5.10 Å². The smallest absolute Gasteiger partial charge is 0.257 e. The van der Waals surface area contributed by atoms with Crippen molar-refractivity contribution in [3.8, 4) is 5.75 Å². The Morgan fingerprint density at radius 3 is 2.56 bits per heavy atom. The molecule has 1 atom stereocenters. The minimum atomic E-state index is -3.37. The van der Waals surface area contributed by atoms with Crippen LogP contribution in [-0.4, -0.2) is 48.6 Å². The fourth-order valence-electron chi connectivity index (χ4n) is 4.87. The highest BCUT2D eigenvalue weighted by molar-refractivity contribution is 7.99. The van der Waals surface area contributed by atoms with Gasteiger partial charge < -0.3 is 9.15 Å². The number of hydrazone groups is 1. The number of fused-ring (bicyclic) bond motifs is 2. The molecule has 1 aromatic heterocycles. The van der Waals surface area contributed by atoms with Crippen LogP contribution < -0.4 is 4.74 Å². The number of hydrogen-bond acceptors (Lipinski definition) is 8. The van der Waals surface area contributed by atoms with E-state index in [1.165, 1.54) is 12.1 Å². The molecule has 8 nitrogen and oxygen atoms in total. The highest BCUT2D eigenvalue weighted by Crippen LogP contribution is 2.35. The average Bonchev–Trinajstić information content (AvgIpc) is 3.64. The van der Waals surface area contributed by atoms with Crippen LogP contribution in [0.3, 0.4) is 0 Å². The zero-order valence-electron chi connectivity index (χ0n) is 22.5. The van der Waals surface area contributed by atoms with Gasteiger partial charge in [-0.3, -0.25) is 4.79 Å². The van der Waals surface area contributed by atoms with Crippen LogP contribution in [0.4, 0.5) is 0 Å². The molecule has 0 aliphatic carbocycles. The van der Waals surface area contributed by atoms with Crippen molar-refractivity contribution < 1.29 is 22.4 Å². The maximum absolute atomic E-state index is 13.6. The quantitative estimate of drug-likeness (QED) is 0.198. The molecule has 5 aromatic rings. The summed E-state index contributed by atoms with van der Waals surface area (Å²) in [6.07, 6.45) is 0.568. The van der Waals surface area contributed by atoms with Crippen molar-refractivity contribution >= 4 is 55.1 Å². The van der Waals surface area contributed by atoms with E-state index in [0.29, 0.717) is 22.7 Å². The average molecular weight is 586 g/mol. The molecule has 1 aliphatic heterocycles. The lowest BCUT2D eigenvalue weighted by Gasteiger charge is -2.22. The number of oxazole rings is 1. The van der Waals surface area contributed by atoms with Gasteiger partial charge in [-0.1, -0.05) is 67.2 Å². The van der Waals surface area contributed by atoms with Gasteiger partial charge in [0, 0.05) is 6.42 Å². The molecule has 41 heavy (non-hydrogen) atoms. The number of methoxy groups -OCH3 is 1. The van der Waals surface area contributed by atoms with E-state index in [2.05, 4.69) is 29.2 Å². The lowest BCUT2D eigenvalue weighted by atomic mass is 9.97. The fraction of sp³-hybridized carbons (Fsp3) is 0.194. The molecular weight excluding hydrogens is 558 g/mol. The van der Waals surface area contributed by atoms with Gasteiger partial charge in [0.2, 0.25) is 0 Å². The predicted molar refractivity (Wildman–Crippen MR) is 160 cm³/mol. The van der Waals surface area contributed by atoms with Gasteiger partial charge in [-0.25, -0.2) is 18.4 Å². The van der Waals surface area contributed by atoms with Crippen molar-refractivity contribution in [3.05, 3.63) is 96.1 Å². The van der Waals surface area contributed by atoms with Crippen LogP contribution in [0, 0.1) is 0 Å². The molecule has 0 bridgehead atoms. The van der Waals surface area contributed by atoms with Crippen LogP contribution in [0.15, 0.2) is 105 Å². The largest absolute Gasteiger partial charge is 0.497 e. The van der Waals surface area contributed by atoms with Crippen molar-refractivity contribution in [2.24, 2.45) is 5.10 Å². The molecule has 0 spiro atoms. The number of amides is 1. The Balaban J connectivity index is 1.26. The number of hydrogen-bond donors (Lipinski definition) is 0. The zero-order valence-corrected chi connectivity index (χ0v) is 24.1. The number of carbonyl (C=O) groups is 1. The number of carbonyl (C=O) groups excluding carboxylic acids is 1. The number of aromatic nitrogens is 1. The van der Waals surface area contributed by atoms with Gasteiger partial charge in [0.05, 0.1) is 35.3 Å². The monoisotopic (exact) mass is 585 g/mol. The van der Waals surface area contributed by atoms with Crippen LogP contribution in [0.25, 0.3) is 21.9 Å². The lowest BCUT2D eigenvalue weighted by Crippen LogP contribution is -2.28. The van der Waals surface area contributed by atoms with Gasteiger partial charge in [-0.05, 0) is 58.3 Å². The molecule has 2 heterocycles. The van der Waals surface area contributed by atoms with E-state index in [-0.39, 0.29) is 28.4 Å². The predicted octanol–water partition coefficient (Wildman–Crippen LogP) is 6.25. The van der Waals surface area contributed by atoms with Crippen molar-refractivity contribution in [3.63, 3.8) is 0 Å². The number of ether oxygens (including phenoxy) is 1. The first-order chi connectivity index (χ1) is 19.8. The van der Waals surface area contributed by atoms with Gasteiger partial charge in [0.1, 0.15) is 11.3 Å². The Hall–Kier alpha value is -4.15. The summed E-state index contributed by atoms with van der Waals surface area (Å²) in [7, 11) is -1.75. The van der Waals surface area contributed by atoms with E-state index in [9.17, 15) is 13.2 Å².